The summed E-state index contributed by atoms with van der Waals surface area (Å²) in [6.07, 6.45) is 0. The average Bonchev–Trinajstić information content (AvgIpc) is 2.59. The third-order valence-electron chi connectivity index (χ3n) is 2.80. The van der Waals surface area contributed by atoms with E-state index in [0.717, 1.165) is 15.7 Å². The number of aryl methyl sites for hydroxylation is 1. The first kappa shape index (κ1) is 12.3. The van der Waals surface area contributed by atoms with Crippen LogP contribution in [0.5, 0.6) is 0 Å². The van der Waals surface area contributed by atoms with Crippen molar-refractivity contribution < 1.29 is 4.39 Å². The molecule has 0 saturated carbocycles. The van der Waals surface area contributed by atoms with Crippen molar-refractivity contribution >= 4 is 15.9 Å². The quantitative estimate of drug-likeness (QED) is 0.926. The van der Waals surface area contributed by atoms with E-state index in [9.17, 15) is 4.39 Å². The van der Waals surface area contributed by atoms with Crippen LogP contribution in [0.25, 0.3) is 11.1 Å². The van der Waals surface area contributed by atoms with Gasteiger partial charge in [0.25, 0.3) is 0 Å². The summed E-state index contributed by atoms with van der Waals surface area (Å²) < 4.78 is 16.4. The summed E-state index contributed by atoms with van der Waals surface area (Å²) >= 11 is 3.35. The number of hydrogen-bond donors (Lipinski definition) is 1. The Balaban J connectivity index is 2.71. The van der Waals surface area contributed by atoms with Crippen LogP contribution in [0.3, 0.4) is 0 Å². The molecule has 0 unspecified atom stereocenters. The van der Waals surface area contributed by atoms with Gasteiger partial charge in [0.1, 0.15) is 5.82 Å². The molecule has 0 spiro atoms. The van der Waals surface area contributed by atoms with Crippen LogP contribution in [0.4, 0.5) is 4.39 Å². The summed E-state index contributed by atoms with van der Waals surface area (Å²) in [6.45, 7) is 2.20. The van der Waals surface area contributed by atoms with Crippen LogP contribution in [0.2, 0.25) is 0 Å². The van der Waals surface area contributed by atoms with Crippen molar-refractivity contribution in [3.05, 3.63) is 39.9 Å². The lowest BCUT2D eigenvalue weighted by Crippen LogP contribution is -2.00. The zero-order valence-electron chi connectivity index (χ0n) is 9.67. The molecule has 1 aromatic carbocycles. The molecule has 5 heteroatoms. The fourth-order valence-corrected chi connectivity index (χ4v) is 2.22. The maximum absolute atomic E-state index is 13.9. The van der Waals surface area contributed by atoms with Crippen LogP contribution in [-0.2, 0) is 13.6 Å². The smallest absolute Gasteiger partial charge is 0.131 e. The van der Waals surface area contributed by atoms with Crippen LogP contribution in [0.15, 0.2) is 22.7 Å². The van der Waals surface area contributed by atoms with Crippen molar-refractivity contribution in [2.45, 2.75) is 13.5 Å². The Morgan fingerprint density at radius 1 is 1.47 bits per heavy atom. The molecule has 1 heterocycles. The molecule has 0 amide bonds. The molecule has 0 atom stereocenters. The summed E-state index contributed by atoms with van der Waals surface area (Å²) in [6, 6.07) is 4.86. The SMILES string of the molecule is Cc1c(-c2cc(Br)ccc2F)c(CN)nn1C. The second-order valence-corrected chi connectivity index (χ2v) is 4.77. The highest BCUT2D eigenvalue weighted by Gasteiger charge is 2.17. The van der Waals surface area contributed by atoms with Crippen molar-refractivity contribution in [3.8, 4) is 11.1 Å². The van der Waals surface area contributed by atoms with Crippen LogP contribution in [0, 0.1) is 12.7 Å². The van der Waals surface area contributed by atoms with Crippen LogP contribution < -0.4 is 5.73 Å². The minimum absolute atomic E-state index is 0.265. The molecule has 2 N–H and O–H groups in total. The van der Waals surface area contributed by atoms with Gasteiger partial charge in [-0.15, -0.1) is 0 Å². The topological polar surface area (TPSA) is 43.8 Å². The van der Waals surface area contributed by atoms with E-state index in [1.54, 1.807) is 16.8 Å². The van der Waals surface area contributed by atoms with E-state index in [1.807, 2.05) is 14.0 Å². The molecule has 90 valence electrons. The largest absolute Gasteiger partial charge is 0.325 e. The summed E-state index contributed by atoms with van der Waals surface area (Å²) in [7, 11) is 1.83. The average molecular weight is 298 g/mol. The minimum atomic E-state index is -0.265. The van der Waals surface area contributed by atoms with E-state index >= 15 is 0 Å². The highest BCUT2D eigenvalue weighted by Crippen LogP contribution is 2.31. The van der Waals surface area contributed by atoms with Crippen molar-refractivity contribution in [2.75, 3.05) is 0 Å². The van der Waals surface area contributed by atoms with Crippen LogP contribution in [-0.4, -0.2) is 9.78 Å². The van der Waals surface area contributed by atoms with Crippen LogP contribution in [0.1, 0.15) is 11.4 Å². The van der Waals surface area contributed by atoms with E-state index < -0.39 is 0 Å². The third-order valence-corrected chi connectivity index (χ3v) is 3.29. The zero-order chi connectivity index (χ0) is 12.6. The summed E-state index contributed by atoms with van der Waals surface area (Å²) in [5, 5.41) is 4.29. The molecular weight excluding hydrogens is 285 g/mol. The maximum Gasteiger partial charge on any atom is 0.131 e. The Hall–Kier alpha value is -1.20. The Kier molecular flexibility index (Phi) is 3.31. The van der Waals surface area contributed by atoms with Gasteiger partial charge in [0.15, 0.2) is 0 Å². The molecule has 0 aliphatic rings. The van der Waals surface area contributed by atoms with Crippen molar-refractivity contribution in [2.24, 2.45) is 12.8 Å². The molecule has 0 saturated heterocycles. The Morgan fingerprint density at radius 2 is 2.18 bits per heavy atom. The number of nitrogens with zero attached hydrogens (tertiary/aromatic N) is 2. The first-order valence-corrected chi connectivity index (χ1v) is 6.02. The minimum Gasteiger partial charge on any atom is -0.325 e. The van der Waals surface area contributed by atoms with E-state index in [-0.39, 0.29) is 5.82 Å². The second kappa shape index (κ2) is 4.58. The lowest BCUT2D eigenvalue weighted by molar-refractivity contribution is 0.630. The number of nitrogens with two attached hydrogens (primary N) is 1. The molecule has 3 nitrogen and oxygen atoms in total. The predicted molar refractivity (Wildman–Crippen MR) is 68.9 cm³/mol. The van der Waals surface area contributed by atoms with Gasteiger partial charge in [-0.05, 0) is 25.1 Å². The Labute approximate surface area is 108 Å². The third kappa shape index (κ3) is 2.12. The number of benzene rings is 1. The molecule has 0 bridgehead atoms. The standard InChI is InChI=1S/C12H13BrFN3/c1-7-12(11(6-15)16-17(7)2)9-5-8(13)3-4-10(9)14/h3-5H,6,15H2,1-2H3. The molecule has 1 aromatic heterocycles. The lowest BCUT2D eigenvalue weighted by atomic mass is 10.0. The van der Waals surface area contributed by atoms with Gasteiger partial charge in [0, 0.05) is 34.9 Å². The van der Waals surface area contributed by atoms with E-state index in [4.69, 9.17) is 5.73 Å². The fraction of sp³-hybridized carbons (Fsp3) is 0.250. The molecule has 17 heavy (non-hydrogen) atoms. The number of hydrogen-bond acceptors (Lipinski definition) is 2. The number of aromatic nitrogens is 2. The number of rotatable bonds is 2. The first-order valence-electron chi connectivity index (χ1n) is 5.22. The van der Waals surface area contributed by atoms with Gasteiger partial charge >= 0.3 is 0 Å². The van der Waals surface area contributed by atoms with Gasteiger partial charge < -0.3 is 5.73 Å². The summed E-state index contributed by atoms with van der Waals surface area (Å²) in [5.74, 6) is -0.265. The second-order valence-electron chi connectivity index (χ2n) is 3.86. The van der Waals surface area contributed by atoms with Gasteiger partial charge in [-0.3, -0.25) is 4.68 Å². The highest BCUT2D eigenvalue weighted by atomic mass is 79.9. The molecule has 0 aliphatic carbocycles. The maximum atomic E-state index is 13.9. The van der Waals surface area contributed by atoms with Gasteiger partial charge in [0.2, 0.25) is 0 Å². The van der Waals surface area contributed by atoms with Gasteiger partial charge in [-0.1, -0.05) is 15.9 Å². The Bertz CT molecular complexity index is 563. The summed E-state index contributed by atoms with van der Waals surface area (Å²) in [4.78, 5) is 0. The predicted octanol–water partition coefficient (Wildman–Crippen LogP) is 2.76. The van der Waals surface area contributed by atoms with Gasteiger partial charge in [-0.25, -0.2) is 4.39 Å². The Morgan fingerprint density at radius 3 is 2.82 bits per heavy atom. The highest BCUT2D eigenvalue weighted by molar-refractivity contribution is 9.10. The summed E-state index contributed by atoms with van der Waals surface area (Å²) in [5.41, 5.74) is 8.58. The molecule has 0 radical (unpaired) electrons. The lowest BCUT2D eigenvalue weighted by Gasteiger charge is -2.05. The molecule has 0 fully saturated rings. The van der Waals surface area contributed by atoms with E-state index in [0.29, 0.717) is 17.8 Å². The van der Waals surface area contributed by atoms with Crippen LogP contribution >= 0.6 is 15.9 Å². The molecule has 2 aromatic rings. The molecule has 2 rings (SSSR count). The monoisotopic (exact) mass is 297 g/mol. The van der Waals surface area contributed by atoms with Crippen molar-refractivity contribution in [3.63, 3.8) is 0 Å². The normalized spacial score (nSPS) is 10.9. The molecular formula is C12H13BrFN3. The van der Waals surface area contributed by atoms with Crippen molar-refractivity contribution in [1.29, 1.82) is 0 Å². The number of halogens is 2. The fourth-order valence-electron chi connectivity index (χ4n) is 1.86. The first-order chi connectivity index (χ1) is 8.04. The van der Waals surface area contributed by atoms with E-state index in [2.05, 4.69) is 21.0 Å². The zero-order valence-corrected chi connectivity index (χ0v) is 11.3. The van der Waals surface area contributed by atoms with Crippen molar-refractivity contribution in [1.82, 2.24) is 9.78 Å². The van der Waals surface area contributed by atoms with E-state index in [1.165, 1.54) is 6.07 Å². The van der Waals surface area contributed by atoms with Gasteiger partial charge in [0.05, 0.1) is 5.69 Å². The molecule has 0 aliphatic heterocycles. The van der Waals surface area contributed by atoms with Gasteiger partial charge in [-0.2, -0.15) is 5.10 Å².